The van der Waals surface area contributed by atoms with Gasteiger partial charge in [0, 0.05) is 0 Å². The first-order valence-corrected chi connectivity index (χ1v) is 6.77. The fourth-order valence-corrected chi connectivity index (χ4v) is 2.10. The van der Waals surface area contributed by atoms with E-state index in [9.17, 15) is 0 Å². The van der Waals surface area contributed by atoms with Crippen LogP contribution in [0.25, 0.3) is 0 Å². The summed E-state index contributed by atoms with van der Waals surface area (Å²) in [7, 11) is 0.408. The summed E-state index contributed by atoms with van der Waals surface area (Å²) in [5, 5.41) is 0.551. The van der Waals surface area contributed by atoms with Crippen LogP contribution >= 0.6 is 11.6 Å². The van der Waals surface area contributed by atoms with Crippen molar-refractivity contribution in [3.63, 3.8) is 0 Å². The maximum absolute atomic E-state index is 5.98. The van der Waals surface area contributed by atoms with Crippen LogP contribution in [0.2, 0.25) is 10.2 Å². The van der Waals surface area contributed by atoms with E-state index in [0.717, 1.165) is 5.56 Å². The summed E-state index contributed by atoms with van der Waals surface area (Å²) in [5.74, 6) is 0.420. The van der Waals surface area contributed by atoms with Crippen LogP contribution in [0.1, 0.15) is 40.2 Å². The second-order valence-corrected chi connectivity index (χ2v) is 7.86. The van der Waals surface area contributed by atoms with Crippen LogP contribution in [0, 0.1) is 0 Å². The molecule has 3 nitrogen and oxygen atoms in total. The zero-order valence-corrected chi connectivity index (χ0v) is 12.7. The van der Waals surface area contributed by atoms with Gasteiger partial charge in [-0.2, -0.15) is 0 Å². The minimum atomic E-state index is -0.410. The molecule has 0 aliphatic carbocycles. The van der Waals surface area contributed by atoms with Crippen LogP contribution in [0.15, 0.2) is 12.1 Å². The molecule has 0 aliphatic rings. The number of nitrogens with zero attached hydrogens (tertiary/aromatic N) is 1. The Balaban J connectivity index is 2.88. The van der Waals surface area contributed by atoms with Crippen molar-refractivity contribution < 1.29 is 4.43 Å². The molecule has 0 unspecified atom stereocenters. The summed E-state index contributed by atoms with van der Waals surface area (Å²) in [6.07, 6.45) is 0. The van der Waals surface area contributed by atoms with Gasteiger partial charge in [0.25, 0.3) is 0 Å². The van der Waals surface area contributed by atoms with Gasteiger partial charge >= 0.3 is 0 Å². The van der Waals surface area contributed by atoms with E-state index in [1.807, 2.05) is 13.8 Å². The zero-order valence-electron chi connectivity index (χ0n) is 11.0. The van der Waals surface area contributed by atoms with E-state index < -0.39 is 5.60 Å². The fraction of sp³-hybridized carbons (Fsp3) is 0.583. The Bertz CT molecular complexity index is 382. The standard InChI is InChI=1S/C12H19ClN2OSi/c1-11(2,3)17-16-12(4,5)8-6-9(13)15-10(14)7-8/h6-7H,1-5H3,(H2,14,15). The highest BCUT2D eigenvalue weighted by Crippen LogP contribution is 2.30. The number of nitrogens with two attached hydrogens (primary N) is 1. The first kappa shape index (κ1) is 14.5. The number of aromatic nitrogens is 1. The number of rotatable bonds is 3. The third-order valence-electron chi connectivity index (χ3n) is 2.12. The van der Waals surface area contributed by atoms with Gasteiger partial charge in [-0.05, 0) is 36.6 Å². The van der Waals surface area contributed by atoms with Crippen molar-refractivity contribution in [2.45, 2.75) is 45.3 Å². The van der Waals surface area contributed by atoms with E-state index in [0.29, 0.717) is 20.7 Å². The number of hydrogen-bond donors (Lipinski definition) is 1. The summed E-state index contributed by atoms with van der Waals surface area (Å²) in [5.41, 5.74) is 6.23. The highest BCUT2D eigenvalue weighted by Gasteiger charge is 2.26. The molecule has 17 heavy (non-hydrogen) atoms. The monoisotopic (exact) mass is 270 g/mol. The number of anilines is 1. The van der Waals surface area contributed by atoms with Gasteiger partial charge in [0.1, 0.15) is 11.0 Å². The van der Waals surface area contributed by atoms with Crippen molar-refractivity contribution in [1.29, 1.82) is 0 Å². The number of nitrogen functional groups attached to an aromatic ring is 1. The lowest BCUT2D eigenvalue weighted by Crippen LogP contribution is -2.27. The van der Waals surface area contributed by atoms with E-state index >= 15 is 0 Å². The molecule has 1 aromatic rings. The largest absolute Gasteiger partial charge is 0.408 e. The Morgan fingerprint density at radius 1 is 1.24 bits per heavy atom. The summed E-state index contributed by atoms with van der Waals surface area (Å²) in [6, 6.07) is 3.60. The van der Waals surface area contributed by atoms with E-state index in [2.05, 4.69) is 25.8 Å². The average Bonchev–Trinajstić information content (AvgIpc) is 2.12. The molecule has 0 bridgehead atoms. The van der Waals surface area contributed by atoms with Gasteiger partial charge in [0.05, 0.1) is 5.60 Å². The van der Waals surface area contributed by atoms with E-state index in [-0.39, 0.29) is 5.04 Å². The van der Waals surface area contributed by atoms with Crippen molar-refractivity contribution >= 4 is 27.2 Å². The lowest BCUT2D eigenvalue weighted by atomic mass is 10.00. The third kappa shape index (κ3) is 4.65. The van der Waals surface area contributed by atoms with Gasteiger partial charge in [-0.25, -0.2) is 4.98 Å². The topological polar surface area (TPSA) is 48.1 Å². The molecule has 2 N–H and O–H groups in total. The Kier molecular flexibility index (Phi) is 4.22. The predicted molar refractivity (Wildman–Crippen MR) is 73.2 cm³/mol. The molecule has 1 heterocycles. The molecule has 94 valence electrons. The van der Waals surface area contributed by atoms with E-state index in [1.54, 1.807) is 12.1 Å². The average molecular weight is 271 g/mol. The zero-order chi connectivity index (χ0) is 13.3. The first-order chi connectivity index (χ1) is 7.60. The molecular formula is C12H19ClN2OSi. The molecule has 0 saturated heterocycles. The molecule has 0 fully saturated rings. The fourth-order valence-electron chi connectivity index (χ4n) is 1.20. The van der Waals surface area contributed by atoms with Gasteiger partial charge in [0.2, 0.25) is 9.76 Å². The van der Waals surface area contributed by atoms with Crippen LogP contribution in [-0.2, 0) is 10.0 Å². The molecule has 0 spiro atoms. The summed E-state index contributed by atoms with van der Waals surface area (Å²) >= 11 is 5.90. The predicted octanol–water partition coefficient (Wildman–Crippen LogP) is 3.41. The van der Waals surface area contributed by atoms with Crippen LogP contribution in [0.4, 0.5) is 5.82 Å². The Hall–Kier alpha value is -0.583. The molecule has 2 radical (unpaired) electrons. The van der Waals surface area contributed by atoms with Gasteiger partial charge < -0.3 is 10.2 Å². The molecule has 5 heteroatoms. The molecule has 0 atom stereocenters. The number of pyridine rings is 1. The second-order valence-electron chi connectivity index (χ2n) is 5.57. The molecule has 1 rings (SSSR count). The maximum Gasteiger partial charge on any atom is 0.236 e. The quantitative estimate of drug-likeness (QED) is 0.676. The lowest BCUT2D eigenvalue weighted by molar-refractivity contribution is 0.109. The van der Waals surface area contributed by atoms with Crippen LogP contribution in [-0.4, -0.2) is 14.7 Å². The minimum absolute atomic E-state index is 0.152. The highest BCUT2D eigenvalue weighted by molar-refractivity contribution is 6.32. The second kappa shape index (κ2) is 4.96. The molecule has 0 amide bonds. The van der Waals surface area contributed by atoms with E-state index in [4.69, 9.17) is 21.8 Å². The Morgan fingerprint density at radius 2 is 1.82 bits per heavy atom. The molecular weight excluding hydrogens is 252 g/mol. The summed E-state index contributed by atoms with van der Waals surface area (Å²) < 4.78 is 5.98. The van der Waals surface area contributed by atoms with Crippen LogP contribution in [0.5, 0.6) is 0 Å². The molecule has 1 aromatic heterocycles. The number of hydrogen-bond acceptors (Lipinski definition) is 3. The van der Waals surface area contributed by atoms with E-state index in [1.165, 1.54) is 0 Å². The summed E-state index contributed by atoms with van der Waals surface area (Å²) in [4.78, 5) is 3.95. The molecule has 0 aromatic carbocycles. The van der Waals surface area contributed by atoms with Crippen molar-refractivity contribution in [3.05, 3.63) is 22.8 Å². The Morgan fingerprint density at radius 3 is 2.29 bits per heavy atom. The maximum atomic E-state index is 5.98. The van der Waals surface area contributed by atoms with Crippen molar-refractivity contribution in [2.75, 3.05) is 5.73 Å². The van der Waals surface area contributed by atoms with Gasteiger partial charge in [0.15, 0.2) is 0 Å². The molecule has 0 saturated carbocycles. The van der Waals surface area contributed by atoms with Gasteiger partial charge in [-0.3, -0.25) is 0 Å². The Labute approximate surface area is 111 Å². The van der Waals surface area contributed by atoms with Crippen molar-refractivity contribution in [3.8, 4) is 0 Å². The SMILES string of the molecule is CC(C)(C)[Si]OC(C)(C)c1cc(N)nc(Cl)c1. The minimum Gasteiger partial charge on any atom is -0.408 e. The van der Waals surface area contributed by atoms with Crippen LogP contribution in [0.3, 0.4) is 0 Å². The highest BCUT2D eigenvalue weighted by atomic mass is 35.5. The van der Waals surface area contributed by atoms with Crippen molar-refractivity contribution in [2.24, 2.45) is 0 Å². The lowest BCUT2D eigenvalue weighted by Gasteiger charge is -2.29. The molecule has 0 aliphatic heterocycles. The normalized spacial score (nSPS) is 12.8. The van der Waals surface area contributed by atoms with Crippen molar-refractivity contribution in [1.82, 2.24) is 4.98 Å². The van der Waals surface area contributed by atoms with Gasteiger partial charge in [-0.1, -0.05) is 32.4 Å². The van der Waals surface area contributed by atoms with Crippen LogP contribution < -0.4 is 5.73 Å². The van der Waals surface area contributed by atoms with Gasteiger partial charge in [-0.15, -0.1) is 0 Å². The number of halogens is 1. The third-order valence-corrected chi connectivity index (χ3v) is 3.54. The summed E-state index contributed by atoms with van der Waals surface area (Å²) in [6.45, 7) is 10.5. The smallest absolute Gasteiger partial charge is 0.236 e. The first-order valence-electron chi connectivity index (χ1n) is 5.49.